The summed E-state index contributed by atoms with van der Waals surface area (Å²) in [6.45, 7) is 8.66. The Morgan fingerprint density at radius 1 is 1.33 bits per heavy atom. The smallest absolute Gasteiger partial charge is 0.0187 e. The lowest BCUT2D eigenvalue weighted by atomic mass is 10.1. The van der Waals surface area contributed by atoms with E-state index in [1.165, 1.54) is 19.4 Å². The Morgan fingerprint density at radius 2 is 1.92 bits per heavy atom. The summed E-state index contributed by atoms with van der Waals surface area (Å²) in [5, 5.41) is 0. The molecule has 0 aliphatic rings. The topological polar surface area (TPSA) is 29.3 Å². The van der Waals surface area contributed by atoms with E-state index in [1.807, 2.05) is 0 Å². The summed E-state index contributed by atoms with van der Waals surface area (Å²) in [5.74, 6) is 0.800. The van der Waals surface area contributed by atoms with E-state index in [1.54, 1.807) is 0 Å². The summed E-state index contributed by atoms with van der Waals surface area (Å²) in [6, 6.07) is 0.518. The minimum absolute atomic E-state index is 0.518. The number of nitrogens with zero attached hydrogens (tertiary/aromatic N) is 1. The van der Waals surface area contributed by atoms with E-state index < -0.39 is 0 Å². The molecule has 12 heavy (non-hydrogen) atoms. The first kappa shape index (κ1) is 11.9. The normalized spacial score (nSPS) is 16.5. The molecular weight excluding hydrogens is 148 g/mol. The van der Waals surface area contributed by atoms with Gasteiger partial charge in [0, 0.05) is 19.1 Å². The van der Waals surface area contributed by atoms with Crippen LogP contribution in [0.1, 0.15) is 33.6 Å². The maximum atomic E-state index is 5.58. The lowest BCUT2D eigenvalue weighted by Gasteiger charge is -2.26. The van der Waals surface area contributed by atoms with E-state index in [0.717, 1.165) is 12.5 Å². The number of nitrogens with two attached hydrogens (primary N) is 1. The van der Waals surface area contributed by atoms with Gasteiger partial charge in [-0.15, -0.1) is 0 Å². The van der Waals surface area contributed by atoms with Gasteiger partial charge in [-0.3, -0.25) is 0 Å². The summed E-state index contributed by atoms with van der Waals surface area (Å²) in [7, 11) is 2.16. The molecule has 0 aliphatic heterocycles. The monoisotopic (exact) mass is 172 g/mol. The lowest BCUT2D eigenvalue weighted by Crippen LogP contribution is -2.37. The Morgan fingerprint density at radius 3 is 2.33 bits per heavy atom. The molecule has 0 aromatic rings. The summed E-state index contributed by atoms with van der Waals surface area (Å²) >= 11 is 0. The number of hydrogen-bond donors (Lipinski definition) is 1. The first-order valence-corrected chi connectivity index (χ1v) is 5.02. The van der Waals surface area contributed by atoms with Crippen LogP contribution in [-0.4, -0.2) is 31.1 Å². The quantitative estimate of drug-likeness (QED) is 0.661. The fraction of sp³-hybridized carbons (Fsp3) is 1.00. The van der Waals surface area contributed by atoms with Crippen molar-refractivity contribution < 1.29 is 0 Å². The van der Waals surface area contributed by atoms with Crippen LogP contribution in [-0.2, 0) is 0 Å². The largest absolute Gasteiger partial charge is 0.329 e. The summed E-state index contributed by atoms with van der Waals surface area (Å²) in [5.41, 5.74) is 5.58. The van der Waals surface area contributed by atoms with E-state index in [0.29, 0.717) is 6.04 Å². The van der Waals surface area contributed by atoms with Gasteiger partial charge in [0.25, 0.3) is 0 Å². The predicted octanol–water partition coefficient (Wildman–Crippen LogP) is 1.70. The highest BCUT2D eigenvalue weighted by atomic mass is 15.1. The maximum absolute atomic E-state index is 5.58. The van der Waals surface area contributed by atoms with Gasteiger partial charge < -0.3 is 10.6 Å². The zero-order valence-electron chi connectivity index (χ0n) is 9.01. The Balaban J connectivity index is 3.59. The van der Waals surface area contributed by atoms with E-state index in [9.17, 15) is 0 Å². The third kappa shape index (κ3) is 4.73. The standard InChI is InChI=1S/C10H24N2/c1-5-6-9(2)8-12(4)10(3)7-11/h9-10H,5-8,11H2,1-4H3. The van der Waals surface area contributed by atoms with Crippen molar-refractivity contribution in [1.29, 1.82) is 0 Å². The van der Waals surface area contributed by atoms with Crippen molar-refractivity contribution in [1.82, 2.24) is 4.90 Å². The van der Waals surface area contributed by atoms with Crippen LogP contribution in [0.2, 0.25) is 0 Å². The molecule has 0 bridgehead atoms. The second-order valence-corrected chi connectivity index (χ2v) is 3.92. The molecule has 0 fully saturated rings. The third-order valence-electron chi connectivity index (χ3n) is 2.47. The van der Waals surface area contributed by atoms with Crippen LogP contribution in [0.4, 0.5) is 0 Å². The van der Waals surface area contributed by atoms with E-state index in [4.69, 9.17) is 5.73 Å². The molecule has 0 heterocycles. The SMILES string of the molecule is CCCC(C)CN(C)C(C)CN. The Kier molecular flexibility index (Phi) is 6.39. The van der Waals surface area contributed by atoms with Gasteiger partial charge in [-0.2, -0.15) is 0 Å². The fourth-order valence-electron chi connectivity index (χ4n) is 1.44. The van der Waals surface area contributed by atoms with Gasteiger partial charge in [-0.1, -0.05) is 20.3 Å². The van der Waals surface area contributed by atoms with Gasteiger partial charge in [-0.05, 0) is 26.3 Å². The molecule has 2 atom stereocenters. The van der Waals surface area contributed by atoms with Gasteiger partial charge in [0.15, 0.2) is 0 Å². The van der Waals surface area contributed by atoms with Crippen molar-refractivity contribution in [3.8, 4) is 0 Å². The number of likely N-dealkylation sites (N-methyl/N-ethyl adjacent to an activating group) is 1. The summed E-state index contributed by atoms with van der Waals surface area (Å²) < 4.78 is 0. The van der Waals surface area contributed by atoms with Crippen molar-refractivity contribution >= 4 is 0 Å². The Bertz CT molecular complexity index is 104. The molecule has 2 N–H and O–H groups in total. The highest BCUT2D eigenvalue weighted by Gasteiger charge is 2.09. The van der Waals surface area contributed by atoms with Crippen LogP contribution in [0.5, 0.6) is 0 Å². The molecule has 0 saturated heterocycles. The summed E-state index contributed by atoms with van der Waals surface area (Å²) in [6.07, 6.45) is 2.60. The van der Waals surface area contributed by atoms with Gasteiger partial charge in [0.1, 0.15) is 0 Å². The first-order chi connectivity index (χ1) is 5.61. The zero-order chi connectivity index (χ0) is 9.56. The number of rotatable bonds is 6. The molecule has 0 amide bonds. The zero-order valence-corrected chi connectivity index (χ0v) is 9.01. The minimum Gasteiger partial charge on any atom is -0.329 e. The first-order valence-electron chi connectivity index (χ1n) is 5.02. The van der Waals surface area contributed by atoms with E-state index in [-0.39, 0.29) is 0 Å². The van der Waals surface area contributed by atoms with Crippen LogP contribution >= 0.6 is 0 Å². The van der Waals surface area contributed by atoms with Crippen molar-refractivity contribution in [3.63, 3.8) is 0 Å². The van der Waals surface area contributed by atoms with Gasteiger partial charge >= 0.3 is 0 Å². The number of hydrogen-bond acceptors (Lipinski definition) is 2. The highest BCUT2D eigenvalue weighted by Crippen LogP contribution is 2.07. The average molecular weight is 172 g/mol. The molecule has 74 valence electrons. The molecule has 2 heteroatoms. The molecule has 0 rings (SSSR count). The Labute approximate surface area is 77.1 Å². The van der Waals surface area contributed by atoms with Crippen LogP contribution < -0.4 is 5.73 Å². The molecule has 0 radical (unpaired) electrons. The highest BCUT2D eigenvalue weighted by molar-refractivity contribution is 4.66. The van der Waals surface area contributed by atoms with Crippen molar-refractivity contribution in [3.05, 3.63) is 0 Å². The average Bonchev–Trinajstić information content (AvgIpc) is 2.03. The molecule has 0 aromatic heterocycles. The van der Waals surface area contributed by atoms with Gasteiger partial charge in [0.05, 0.1) is 0 Å². The Hall–Kier alpha value is -0.0800. The maximum Gasteiger partial charge on any atom is 0.0187 e. The van der Waals surface area contributed by atoms with Crippen molar-refractivity contribution in [2.45, 2.75) is 39.7 Å². The van der Waals surface area contributed by atoms with E-state index >= 15 is 0 Å². The predicted molar refractivity (Wildman–Crippen MR) is 55.2 cm³/mol. The molecule has 0 aliphatic carbocycles. The fourth-order valence-corrected chi connectivity index (χ4v) is 1.44. The van der Waals surface area contributed by atoms with Crippen LogP contribution in [0.15, 0.2) is 0 Å². The minimum atomic E-state index is 0.518. The molecule has 0 spiro atoms. The van der Waals surface area contributed by atoms with Crippen molar-refractivity contribution in [2.75, 3.05) is 20.1 Å². The molecule has 0 aromatic carbocycles. The molecular formula is C10H24N2. The molecule has 2 unspecified atom stereocenters. The second kappa shape index (κ2) is 6.44. The van der Waals surface area contributed by atoms with Gasteiger partial charge in [-0.25, -0.2) is 0 Å². The van der Waals surface area contributed by atoms with E-state index in [2.05, 4.69) is 32.7 Å². The lowest BCUT2D eigenvalue weighted by molar-refractivity contribution is 0.223. The van der Waals surface area contributed by atoms with Crippen LogP contribution in [0.3, 0.4) is 0 Å². The van der Waals surface area contributed by atoms with Crippen molar-refractivity contribution in [2.24, 2.45) is 11.7 Å². The second-order valence-electron chi connectivity index (χ2n) is 3.92. The van der Waals surface area contributed by atoms with Crippen LogP contribution in [0, 0.1) is 5.92 Å². The van der Waals surface area contributed by atoms with Crippen LogP contribution in [0.25, 0.3) is 0 Å². The molecule has 2 nitrogen and oxygen atoms in total. The third-order valence-corrected chi connectivity index (χ3v) is 2.47. The van der Waals surface area contributed by atoms with Gasteiger partial charge in [0.2, 0.25) is 0 Å². The summed E-state index contributed by atoms with van der Waals surface area (Å²) in [4.78, 5) is 2.35. The molecule has 0 saturated carbocycles.